The Morgan fingerprint density at radius 1 is 0.333 bits per heavy atom. The lowest BCUT2D eigenvalue weighted by Crippen LogP contribution is -1.62. The van der Waals surface area contributed by atoms with Crippen LogP contribution in [0.1, 0.15) is 16.7 Å². The molecule has 0 aliphatic rings. The lowest BCUT2D eigenvalue weighted by Gasteiger charge is -1.82. The summed E-state index contributed by atoms with van der Waals surface area (Å²) in [6, 6.07) is 30.8. The van der Waals surface area contributed by atoms with Crippen molar-refractivity contribution in [2.45, 2.75) is 20.8 Å². The maximum Gasteiger partial charge on any atom is -0.0398 e. The molecule has 0 fully saturated rings. The Bertz CT molecular complexity index is 479. The highest BCUT2D eigenvalue weighted by atomic mass is 13.8. The largest absolute Gasteiger partial charge is 0.0622 e. The van der Waals surface area contributed by atoms with Crippen LogP contribution in [0.25, 0.3) is 0 Å². The van der Waals surface area contributed by atoms with Gasteiger partial charge in [0.05, 0.1) is 0 Å². The number of rotatable bonds is 0. The van der Waals surface area contributed by atoms with E-state index in [0.29, 0.717) is 0 Å². The van der Waals surface area contributed by atoms with Crippen LogP contribution < -0.4 is 0 Å². The minimum atomic E-state index is 1.32. The van der Waals surface area contributed by atoms with Crippen molar-refractivity contribution >= 4 is 0 Å². The average molecular weight is 276 g/mol. The van der Waals surface area contributed by atoms with Crippen LogP contribution in [0.3, 0.4) is 0 Å². The molecule has 0 saturated heterocycles. The molecule has 0 aromatic heterocycles. The molecular formula is C21H24. The van der Waals surface area contributed by atoms with Crippen LogP contribution in [0.4, 0.5) is 0 Å². The molecule has 21 heavy (non-hydrogen) atoms. The van der Waals surface area contributed by atoms with Gasteiger partial charge >= 0.3 is 0 Å². The molecule has 3 aromatic rings. The number of hydrogen-bond donors (Lipinski definition) is 0. The Morgan fingerprint density at radius 3 is 0.619 bits per heavy atom. The molecule has 0 heterocycles. The number of aryl methyl sites for hydroxylation is 3. The fourth-order valence-corrected chi connectivity index (χ4v) is 1.60. The average Bonchev–Trinajstić information content (AvgIpc) is 2.51. The third-order valence-electron chi connectivity index (χ3n) is 2.82. The highest BCUT2D eigenvalue weighted by molar-refractivity contribution is 5.12. The van der Waals surface area contributed by atoms with Gasteiger partial charge in [0.25, 0.3) is 0 Å². The Labute approximate surface area is 129 Å². The molecule has 0 aliphatic heterocycles. The van der Waals surface area contributed by atoms with Gasteiger partial charge in [-0.3, -0.25) is 0 Å². The monoisotopic (exact) mass is 276 g/mol. The normalized spacial score (nSPS) is 8.71. The van der Waals surface area contributed by atoms with Crippen LogP contribution in [0.5, 0.6) is 0 Å². The first kappa shape index (κ1) is 16.7. The Hall–Kier alpha value is -2.34. The van der Waals surface area contributed by atoms with Gasteiger partial charge in [-0.25, -0.2) is 0 Å². The zero-order chi connectivity index (χ0) is 15.3. The van der Waals surface area contributed by atoms with Crippen molar-refractivity contribution in [2.75, 3.05) is 0 Å². The third kappa shape index (κ3) is 9.23. The summed E-state index contributed by atoms with van der Waals surface area (Å²) in [5, 5.41) is 0. The predicted octanol–water partition coefficient (Wildman–Crippen LogP) is 5.99. The second kappa shape index (κ2) is 10.4. The Kier molecular flexibility index (Phi) is 8.32. The molecule has 0 aliphatic carbocycles. The van der Waals surface area contributed by atoms with Gasteiger partial charge in [0.1, 0.15) is 0 Å². The molecule has 3 aromatic carbocycles. The van der Waals surface area contributed by atoms with Crippen molar-refractivity contribution in [1.29, 1.82) is 0 Å². The van der Waals surface area contributed by atoms with Gasteiger partial charge in [-0.15, -0.1) is 0 Å². The van der Waals surface area contributed by atoms with Crippen LogP contribution in [-0.2, 0) is 0 Å². The van der Waals surface area contributed by atoms with Gasteiger partial charge in [0.2, 0.25) is 0 Å². The van der Waals surface area contributed by atoms with Crippen molar-refractivity contribution in [3.8, 4) is 0 Å². The number of benzene rings is 3. The maximum atomic E-state index is 2.08. The molecule has 0 bridgehead atoms. The van der Waals surface area contributed by atoms with E-state index in [1.807, 2.05) is 54.6 Å². The molecule has 0 nitrogen and oxygen atoms in total. The summed E-state index contributed by atoms with van der Waals surface area (Å²) in [6.45, 7) is 6.25. The smallest absolute Gasteiger partial charge is 0.0398 e. The number of hydrogen-bond acceptors (Lipinski definition) is 0. The van der Waals surface area contributed by atoms with Gasteiger partial charge < -0.3 is 0 Å². The first-order valence-corrected chi connectivity index (χ1v) is 7.23. The summed E-state index contributed by atoms with van der Waals surface area (Å²) in [5.41, 5.74) is 3.97. The van der Waals surface area contributed by atoms with Gasteiger partial charge in [-0.05, 0) is 20.8 Å². The molecule has 3 rings (SSSR count). The summed E-state index contributed by atoms with van der Waals surface area (Å²) < 4.78 is 0. The maximum absolute atomic E-state index is 2.08. The van der Waals surface area contributed by atoms with Crippen molar-refractivity contribution in [3.63, 3.8) is 0 Å². The van der Waals surface area contributed by atoms with E-state index in [0.717, 1.165) is 0 Å². The summed E-state index contributed by atoms with van der Waals surface area (Å²) in [7, 11) is 0. The first-order valence-electron chi connectivity index (χ1n) is 7.23. The van der Waals surface area contributed by atoms with Crippen molar-refractivity contribution < 1.29 is 0 Å². The minimum Gasteiger partial charge on any atom is -0.0622 e. The molecule has 0 heteroatoms. The third-order valence-corrected chi connectivity index (χ3v) is 2.82. The van der Waals surface area contributed by atoms with Crippen molar-refractivity contribution in [1.82, 2.24) is 0 Å². The zero-order valence-corrected chi connectivity index (χ0v) is 13.2. The molecule has 0 amide bonds. The second-order valence-electron chi connectivity index (χ2n) is 4.96. The van der Waals surface area contributed by atoms with E-state index in [1.54, 1.807) is 0 Å². The minimum absolute atomic E-state index is 1.32. The van der Waals surface area contributed by atoms with Crippen molar-refractivity contribution in [3.05, 3.63) is 108 Å². The van der Waals surface area contributed by atoms with Crippen LogP contribution >= 0.6 is 0 Å². The first-order chi connectivity index (χ1) is 10.2. The second-order valence-corrected chi connectivity index (χ2v) is 4.96. The SMILES string of the molecule is Cc1ccccc1.Cc1ccccc1.Cc1ccccc1. The zero-order valence-electron chi connectivity index (χ0n) is 13.2. The summed E-state index contributed by atoms with van der Waals surface area (Å²) >= 11 is 0. The van der Waals surface area contributed by atoms with E-state index in [1.165, 1.54) is 16.7 Å². The Morgan fingerprint density at radius 2 is 0.524 bits per heavy atom. The molecule has 0 radical (unpaired) electrons. The fourth-order valence-electron chi connectivity index (χ4n) is 1.60. The lowest BCUT2D eigenvalue weighted by atomic mass is 10.2. The van der Waals surface area contributed by atoms with E-state index in [4.69, 9.17) is 0 Å². The van der Waals surface area contributed by atoms with E-state index < -0.39 is 0 Å². The molecule has 0 unspecified atom stereocenters. The quantitative estimate of drug-likeness (QED) is 0.473. The molecule has 108 valence electrons. The molecule has 0 spiro atoms. The molecule has 0 N–H and O–H groups in total. The van der Waals surface area contributed by atoms with Crippen LogP contribution in [0.15, 0.2) is 91.0 Å². The van der Waals surface area contributed by atoms with E-state index >= 15 is 0 Å². The van der Waals surface area contributed by atoms with Gasteiger partial charge in [-0.2, -0.15) is 0 Å². The van der Waals surface area contributed by atoms with Crippen molar-refractivity contribution in [2.24, 2.45) is 0 Å². The summed E-state index contributed by atoms with van der Waals surface area (Å²) in [5.74, 6) is 0. The van der Waals surface area contributed by atoms with Crippen LogP contribution in [-0.4, -0.2) is 0 Å². The standard InChI is InChI=1S/3C7H8/c3*1-7-5-3-2-4-6-7/h3*2-6H,1H3. The highest BCUT2D eigenvalue weighted by Gasteiger charge is 1.73. The van der Waals surface area contributed by atoms with E-state index in [-0.39, 0.29) is 0 Å². The van der Waals surface area contributed by atoms with Gasteiger partial charge in [-0.1, -0.05) is 108 Å². The van der Waals surface area contributed by atoms with Crippen LogP contribution in [0, 0.1) is 20.8 Å². The van der Waals surface area contributed by atoms with Gasteiger partial charge in [0, 0.05) is 0 Å². The highest BCUT2D eigenvalue weighted by Crippen LogP contribution is 1.93. The predicted molar refractivity (Wildman–Crippen MR) is 93.5 cm³/mol. The fraction of sp³-hybridized carbons (Fsp3) is 0.143. The lowest BCUT2D eigenvalue weighted by molar-refractivity contribution is 1.48. The van der Waals surface area contributed by atoms with Gasteiger partial charge in [0.15, 0.2) is 0 Å². The Balaban J connectivity index is 0.000000157. The molecule has 0 saturated carbocycles. The van der Waals surface area contributed by atoms with Crippen LogP contribution in [0.2, 0.25) is 0 Å². The molecular weight excluding hydrogens is 252 g/mol. The van der Waals surface area contributed by atoms with E-state index in [2.05, 4.69) is 57.2 Å². The van der Waals surface area contributed by atoms with E-state index in [9.17, 15) is 0 Å². The molecule has 0 atom stereocenters. The topological polar surface area (TPSA) is 0 Å². The summed E-state index contributed by atoms with van der Waals surface area (Å²) in [6.07, 6.45) is 0. The summed E-state index contributed by atoms with van der Waals surface area (Å²) in [4.78, 5) is 0.